The van der Waals surface area contributed by atoms with Crippen LogP contribution in [-0.2, 0) is 4.79 Å². The lowest BCUT2D eigenvalue weighted by Crippen LogP contribution is -2.55. The average Bonchev–Trinajstić information content (AvgIpc) is 3.13. The summed E-state index contributed by atoms with van der Waals surface area (Å²) in [7, 11) is 0. The highest BCUT2D eigenvalue weighted by molar-refractivity contribution is 5.99. The summed E-state index contributed by atoms with van der Waals surface area (Å²) >= 11 is 0. The van der Waals surface area contributed by atoms with Crippen LogP contribution in [0.15, 0.2) is 30.3 Å². The third-order valence-electron chi connectivity index (χ3n) is 5.27. The maximum atomic E-state index is 12.8. The highest BCUT2D eigenvalue weighted by atomic mass is 16.2. The molecule has 0 atom stereocenters. The van der Waals surface area contributed by atoms with Crippen molar-refractivity contribution in [2.75, 3.05) is 0 Å². The Morgan fingerprint density at radius 2 is 1.93 bits per heavy atom. The van der Waals surface area contributed by atoms with Crippen LogP contribution in [0.25, 0.3) is 11.3 Å². The highest BCUT2D eigenvalue weighted by Gasteiger charge is 2.41. The maximum Gasteiger partial charge on any atom is 0.252 e. The molecule has 0 bridgehead atoms. The second-order valence-electron chi connectivity index (χ2n) is 7.09. The summed E-state index contributed by atoms with van der Waals surface area (Å²) in [5, 5.41) is 12.3. The molecule has 0 radical (unpaired) electrons. The van der Waals surface area contributed by atoms with E-state index >= 15 is 0 Å². The molecule has 6 nitrogen and oxygen atoms in total. The Morgan fingerprint density at radius 3 is 2.56 bits per heavy atom. The normalized spacial score (nSPS) is 15.1. The predicted molar refractivity (Wildman–Crippen MR) is 102 cm³/mol. The van der Waals surface area contributed by atoms with Crippen molar-refractivity contribution in [2.24, 2.45) is 5.73 Å². The van der Waals surface area contributed by atoms with Crippen LogP contribution in [0, 0.1) is 25.2 Å². The molecule has 1 aromatic carbocycles. The first-order valence-corrected chi connectivity index (χ1v) is 8.97. The zero-order valence-electron chi connectivity index (χ0n) is 15.5. The number of hydrogen-bond acceptors (Lipinski definition) is 4. The van der Waals surface area contributed by atoms with Crippen LogP contribution in [0.2, 0.25) is 0 Å². The molecule has 2 amide bonds. The molecule has 3 rings (SSSR count). The fourth-order valence-electron chi connectivity index (χ4n) is 3.52. The molecule has 0 saturated heterocycles. The van der Waals surface area contributed by atoms with Gasteiger partial charge in [0.25, 0.3) is 5.91 Å². The van der Waals surface area contributed by atoms with Gasteiger partial charge in [-0.15, -0.1) is 0 Å². The number of nitrogens with two attached hydrogens (primary N) is 1. The number of amides is 2. The molecule has 1 aromatic heterocycles. The summed E-state index contributed by atoms with van der Waals surface area (Å²) in [5.41, 5.74) is 8.44. The van der Waals surface area contributed by atoms with Gasteiger partial charge in [0.05, 0.1) is 11.3 Å². The van der Waals surface area contributed by atoms with Crippen LogP contribution in [0.5, 0.6) is 0 Å². The molecule has 1 aliphatic rings. The van der Waals surface area contributed by atoms with Crippen molar-refractivity contribution in [3.63, 3.8) is 0 Å². The fraction of sp³-hybridized carbons (Fsp3) is 0.333. The highest BCUT2D eigenvalue weighted by Crippen LogP contribution is 2.30. The van der Waals surface area contributed by atoms with Crippen LogP contribution in [-0.4, -0.2) is 22.3 Å². The number of primary amides is 1. The Labute approximate surface area is 158 Å². The van der Waals surface area contributed by atoms with Gasteiger partial charge in [-0.1, -0.05) is 25.0 Å². The van der Waals surface area contributed by atoms with Gasteiger partial charge in [0, 0.05) is 16.8 Å². The number of hydrogen-bond donors (Lipinski definition) is 2. The van der Waals surface area contributed by atoms with E-state index in [4.69, 9.17) is 5.73 Å². The topological polar surface area (TPSA) is 109 Å². The first kappa shape index (κ1) is 18.6. The molecular weight excluding hydrogens is 340 g/mol. The number of carbonyl (C=O) groups excluding carboxylic acids is 2. The molecule has 1 fully saturated rings. The molecule has 0 aliphatic heterocycles. The number of nitrogens with one attached hydrogen (secondary N) is 1. The smallest absolute Gasteiger partial charge is 0.252 e. The first-order chi connectivity index (χ1) is 12.9. The molecule has 138 valence electrons. The minimum atomic E-state index is -0.969. The number of nitrogens with zero attached hydrogens (tertiary/aromatic N) is 2. The number of nitriles is 1. The van der Waals surface area contributed by atoms with Crippen molar-refractivity contribution >= 4 is 11.8 Å². The van der Waals surface area contributed by atoms with Crippen LogP contribution in [0.1, 0.15) is 52.9 Å². The van der Waals surface area contributed by atoms with Gasteiger partial charge in [0.1, 0.15) is 11.6 Å². The lowest BCUT2D eigenvalue weighted by molar-refractivity contribution is -0.123. The van der Waals surface area contributed by atoms with E-state index in [1.165, 1.54) is 0 Å². The largest absolute Gasteiger partial charge is 0.368 e. The SMILES string of the molecule is Cc1cc(C#N)c(-c2cccc(C(=O)NC3(C(N)=O)CCCC3)c2)nc1C. The zero-order chi connectivity index (χ0) is 19.6. The van der Waals surface area contributed by atoms with Gasteiger partial charge >= 0.3 is 0 Å². The Bertz CT molecular complexity index is 953. The van der Waals surface area contributed by atoms with E-state index in [0.717, 1.165) is 24.1 Å². The van der Waals surface area contributed by atoms with E-state index in [1.807, 2.05) is 19.9 Å². The Hall–Kier alpha value is -3.20. The molecule has 27 heavy (non-hydrogen) atoms. The van der Waals surface area contributed by atoms with Gasteiger partial charge in [-0.2, -0.15) is 5.26 Å². The summed E-state index contributed by atoms with van der Waals surface area (Å²) in [4.78, 5) is 29.2. The van der Waals surface area contributed by atoms with Crippen molar-refractivity contribution in [3.05, 3.63) is 52.7 Å². The van der Waals surface area contributed by atoms with Gasteiger partial charge in [0.2, 0.25) is 5.91 Å². The summed E-state index contributed by atoms with van der Waals surface area (Å²) in [6.07, 6.45) is 2.85. The zero-order valence-corrected chi connectivity index (χ0v) is 15.5. The molecular formula is C21H22N4O2. The van der Waals surface area contributed by atoms with Crippen LogP contribution >= 0.6 is 0 Å². The molecule has 3 N–H and O–H groups in total. The number of aromatic nitrogens is 1. The van der Waals surface area contributed by atoms with Gasteiger partial charge in [-0.25, -0.2) is 0 Å². The van der Waals surface area contributed by atoms with Gasteiger partial charge in [-0.3, -0.25) is 14.6 Å². The Kier molecular flexibility index (Phi) is 4.95. The molecule has 0 spiro atoms. The van der Waals surface area contributed by atoms with E-state index in [-0.39, 0.29) is 5.91 Å². The number of carbonyl (C=O) groups is 2. The number of rotatable bonds is 4. The number of pyridine rings is 1. The van der Waals surface area contributed by atoms with Gasteiger partial charge in [-0.05, 0) is 50.5 Å². The summed E-state index contributed by atoms with van der Waals surface area (Å²) in [6.45, 7) is 3.79. The van der Waals surface area contributed by atoms with E-state index < -0.39 is 11.4 Å². The average molecular weight is 362 g/mol. The summed E-state index contributed by atoms with van der Waals surface area (Å²) in [6, 6.07) is 10.9. The molecule has 2 aromatic rings. The van der Waals surface area contributed by atoms with E-state index in [9.17, 15) is 14.9 Å². The van der Waals surface area contributed by atoms with E-state index in [2.05, 4.69) is 16.4 Å². The van der Waals surface area contributed by atoms with Crippen molar-refractivity contribution in [2.45, 2.75) is 45.1 Å². The van der Waals surface area contributed by atoms with Crippen LogP contribution in [0.3, 0.4) is 0 Å². The third kappa shape index (κ3) is 3.54. The molecule has 0 unspecified atom stereocenters. The lowest BCUT2D eigenvalue weighted by atomic mass is 9.95. The summed E-state index contributed by atoms with van der Waals surface area (Å²) < 4.78 is 0. The van der Waals surface area contributed by atoms with Crippen LogP contribution in [0.4, 0.5) is 0 Å². The lowest BCUT2D eigenvalue weighted by Gasteiger charge is -2.26. The standard InChI is InChI=1S/C21H22N4O2/c1-13-10-17(12-22)18(24-14(13)2)15-6-5-7-16(11-15)19(26)25-21(20(23)27)8-3-4-9-21/h5-7,10-11H,3-4,8-9H2,1-2H3,(H2,23,27)(H,25,26). The molecule has 1 saturated carbocycles. The second-order valence-corrected chi connectivity index (χ2v) is 7.09. The molecule has 6 heteroatoms. The quantitative estimate of drug-likeness (QED) is 0.871. The first-order valence-electron chi connectivity index (χ1n) is 8.97. The third-order valence-corrected chi connectivity index (χ3v) is 5.27. The minimum absolute atomic E-state index is 0.347. The maximum absolute atomic E-state index is 12.8. The van der Waals surface area contributed by atoms with Crippen molar-refractivity contribution < 1.29 is 9.59 Å². The number of aryl methyl sites for hydroxylation is 2. The Balaban J connectivity index is 1.95. The summed E-state index contributed by atoms with van der Waals surface area (Å²) in [5.74, 6) is -0.841. The fourth-order valence-corrected chi connectivity index (χ4v) is 3.52. The second kappa shape index (κ2) is 7.20. The van der Waals surface area contributed by atoms with Gasteiger partial charge in [0.15, 0.2) is 0 Å². The monoisotopic (exact) mass is 362 g/mol. The molecule has 1 aliphatic carbocycles. The van der Waals surface area contributed by atoms with E-state index in [0.29, 0.717) is 35.2 Å². The van der Waals surface area contributed by atoms with Crippen molar-refractivity contribution in [1.29, 1.82) is 5.26 Å². The van der Waals surface area contributed by atoms with E-state index in [1.54, 1.807) is 24.3 Å². The Morgan fingerprint density at radius 1 is 1.22 bits per heavy atom. The number of benzene rings is 1. The molecule has 1 heterocycles. The minimum Gasteiger partial charge on any atom is -0.368 e. The van der Waals surface area contributed by atoms with Gasteiger partial charge < -0.3 is 11.1 Å². The van der Waals surface area contributed by atoms with Crippen molar-refractivity contribution in [1.82, 2.24) is 10.3 Å². The predicted octanol–water partition coefficient (Wildman–Crippen LogP) is 2.77. The van der Waals surface area contributed by atoms with Crippen molar-refractivity contribution in [3.8, 4) is 17.3 Å². The van der Waals surface area contributed by atoms with Crippen LogP contribution < -0.4 is 11.1 Å².